The molecule has 0 N–H and O–H groups in total. The molecule has 0 heterocycles. The smallest absolute Gasteiger partial charge is 0.514 e. The van der Waals surface area contributed by atoms with Gasteiger partial charge in [-0.25, -0.2) is 4.79 Å². The summed E-state index contributed by atoms with van der Waals surface area (Å²) in [4.78, 5) is 21.8. The Balaban J connectivity index is 2.77. The number of ether oxygens (including phenoxy) is 2. The van der Waals surface area contributed by atoms with Crippen molar-refractivity contribution < 1.29 is 33.0 Å². The molecule has 0 aliphatic carbocycles. The van der Waals surface area contributed by atoms with Crippen LogP contribution in [0, 0.1) is 5.92 Å². The Bertz CT molecular complexity index is 473. The van der Waals surface area contributed by atoms with Gasteiger partial charge in [0.2, 0.25) is 0 Å². The predicted molar refractivity (Wildman–Crippen MR) is 62.1 cm³/mol. The van der Waals surface area contributed by atoms with Gasteiger partial charge >= 0.3 is 12.1 Å². The molecular formula is C13H13F2O5-. The van der Waals surface area contributed by atoms with Crippen LogP contribution >= 0.6 is 0 Å². The molecule has 0 saturated carbocycles. The number of carbonyl (C=O) groups is 2. The summed E-state index contributed by atoms with van der Waals surface area (Å²) in [5.74, 6) is -7.75. The number of carboxylic acid groups (broad SMARTS) is 1. The van der Waals surface area contributed by atoms with E-state index in [9.17, 15) is 23.5 Å². The lowest BCUT2D eigenvalue weighted by molar-refractivity contribution is -0.337. The first-order valence-corrected chi connectivity index (χ1v) is 5.78. The van der Waals surface area contributed by atoms with Crippen LogP contribution in [-0.4, -0.2) is 24.2 Å². The highest BCUT2D eigenvalue weighted by atomic mass is 19.3. The molecule has 0 spiro atoms. The van der Waals surface area contributed by atoms with Crippen molar-refractivity contribution in [2.75, 3.05) is 0 Å². The van der Waals surface area contributed by atoms with Crippen LogP contribution < -0.4 is 9.84 Å². The third kappa shape index (κ3) is 3.91. The van der Waals surface area contributed by atoms with Gasteiger partial charge in [-0.15, -0.1) is 0 Å². The molecule has 0 amide bonds. The number of carbonyl (C=O) groups excluding carboxylic acids is 2. The molecule has 0 saturated heterocycles. The Hall–Kier alpha value is -2.18. The van der Waals surface area contributed by atoms with Crippen molar-refractivity contribution in [2.45, 2.75) is 25.9 Å². The summed E-state index contributed by atoms with van der Waals surface area (Å²) in [5, 5.41) is 10.4. The van der Waals surface area contributed by atoms with E-state index in [1.165, 1.54) is 26.0 Å². The Morgan fingerprint density at radius 3 is 2.20 bits per heavy atom. The Morgan fingerprint density at radius 1 is 1.20 bits per heavy atom. The molecule has 0 aromatic heterocycles. The molecule has 20 heavy (non-hydrogen) atoms. The fourth-order valence-corrected chi connectivity index (χ4v) is 1.46. The van der Waals surface area contributed by atoms with Crippen LogP contribution in [0.5, 0.6) is 5.75 Å². The molecule has 7 heteroatoms. The fraction of sp³-hybridized carbons (Fsp3) is 0.385. The molecule has 0 aliphatic rings. The van der Waals surface area contributed by atoms with E-state index in [-0.39, 0.29) is 5.75 Å². The lowest BCUT2D eigenvalue weighted by Crippen LogP contribution is -2.53. The van der Waals surface area contributed by atoms with E-state index in [0.717, 1.165) is 0 Å². The van der Waals surface area contributed by atoms with Crippen molar-refractivity contribution in [1.29, 1.82) is 0 Å². The van der Waals surface area contributed by atoms with Crippen molar-refractivity contribution in [3.63, 3.8) is 0 Å². The van der Waals surface area contributed by atoms with Crippen LogP contribution in [0.2, 0.25) is 0 Å². The number of hydrogen-bond donors (Lipinski definition) is 0. The molecule has 0 fully saturated rings. The first-order chi connectivity index (χ1) is 9.25. The van der Waals surface area contributed by atoms with Gasteiger partial charge in [-0.2, -0.15) is 8.78 Å². The highest BCUT2D eigenvalue weighted by molar-refractivity contribution is 5.75. The molecule has 1 atom stereocenters. The van der Waals surface area contributed by atoms with Crippen molar-refractivity contribution >= 4 is 12.1 Å². The number of halogens is 2. The quantitative estimate of drug-likeness (QED) is 0.607. The summed E-state index contributed by atoms with van der Waals surface area (Å²) in [5.41, 5.74) is 0. The molecule has 0 radical (unpaired) electrons. The summed E-state index contributed by atoms with van der Waals surface area (Å²) in [6.45, 7) is 2.58. The van der Waals surface area contributed by atoms with Crippen LogP contribution in [-0.2, 0) is 9.53 Å². The summed E-state index contributed by atoms with van der Waals surface area (Å²) in [7, 11) is 0. The Morgan fingerprint density at radius 2 is 1.75 bits per heavy atom. The largest absolute Gasteiger partial charge is 0.544 e. The van der Waals surface area contributed by atoms with Gasteiger partial charge in [0, 0.05) is 0 Å². The summed E-state index contributed by atoms with van der Waals surface area (Å²) in [6.07, 6.45) is -3.58. The molecular weight excluding hydrogens is 274 g/mol. The number of rotatable bonds is 5. The number of hydrogen-bond acceptors (Lipinski definition) is 5. The highest BCUT2D eigenvalue weighted by Crippen LogP contribution is 2.27. The number of para-hydroxylation sites is 1. The van der Waals surface area contributed by atoms with Gasteiger partial charge in [0.25, 0.3) is 0 Å². The summed E-state index contributed by atoms with van der Waals surface area (Å²) in [6, 6.07) is 7.64. The molecule has 1 unspecified atom stereocenters. The second kappa shape index (κ2) is 6.31. The highest BCUT2D eigenvalue weighted by Gasteiger charge is 2.46. The van der Waals surface area contributed by atoms with E-state index in [1.807, 2.05) is 0 Å². The van der Waals surface area contributed by atoms with Crippen molar-refractivity contribution in [1.82, 2.24) is 0 Å². The van der Waals surface area contributed by atoms with Gasteiger partial charge in [-0.1, -0.05) is 32.0 Å². The lowest BCUT2D eigenvalue weighted by Gasteiger charge is -2.29. The van der Waals surface area contributed by atoms with E-state index in [4.69, 9.17) is 0 Å². The number of carboxylic acids is 1. The fourth-order valence-electron chi connectivity index (χ4n) is 1.46. The minimum atomic E-state index is -4.30. The first-order valence-electron chi connectivity index (χ1n) is 5.78. The van der Waals surface area contributed by atoms with Crippen LogP contribution in [0.25, 0.3) is 0 Å². The van der Waals surface area contributed by atoms with E-state index >= 15 is 0 Å². The SMILES string of the molecule is CC(C)C(OC(=O)Oc1ccccc1)C(F)(F)C(=O)[O-]. The van der Waals surface area contributed by atoms with E-state index in [1.54, 1.807) is 18.2 Å². The second-order valence-electron chi connectivity index (χ2n) is 4.36. The van der Waals surface area contributed by atoms with Crippen molar-refractivity contribution in [2.24, 2.45) is 5.92 Å². The molecule has 1 rings (SSSR count). The number of aliphatic carboxylic acids is 1. The molecule has 1 aromatic rings. The topological polar surface area (TPSA) is 75.7 Å². The van der Waals surface area contributed by atoms with Gasteiger partial charge < -0.3 is 19.4 Å². The third-order valence-corrected chi connectivity index (χ3v) is 2.40. The van der Waals surface area contributed by atoms with E-state index in [2.05, 4.69) is 9.47 Å². The second-order valence-corrected chi connectivity index (χ2v) is 4.36. The zero-order valence-corrected chi connectivity index (χ0v) is 10.8. The van der Waals surface area contributed by atoms with Crippen LogP contribution in [0.15, 0.2) is 30.3 Å². The third-order valence-electron chi connectivity index (χ3n) is 2.40. The zero-order chi connectivity index (χ0) is 15.3. The number of benzene rings is 1. The minimum absolute atomic E-state index is 0.0942. The number of alkyl halides is 2. The lowest BCUT2D eigenvalue weighted by atomic mass is 10.0. The average Bonchev–Trinajstić information content (AvgIpc) is 2.36. The Labute approximate surface area is 114 Å². The van der Waals surface area contributed by atoms with Gasteiger partial charge in [-0.3, -0.25) is 0 Å². The van der Waals surface area contributed by atoms with Crippen LogP contribution in [0.1, 0.15) is 13.8 Å². The molecule has 5 nitrogen and oxygen atoms in total. The van der Waals surface area contributed by atoms with Gasteiger partial charge in [0.05, 0.1) is 0 Å². The minimum Gasteiger partial charge on any atom is -0.544 e. The summed E-state index contributed by atoms with van der Waals surface area (Å²) >= 11 is 0. The predicted octanol–water partition coefficient (Wildman–Crippen LogP) is 1.61. The van der Waals surface area contributed by atoms with Crippen molar-refractivity contribution in [3.05, 3.63) is 30.3 Å². The molecule has 0 bridgehead atoms. The molecule has 1 aromatic carbocycles. The Kier molecular flexibility index (Phi) is 5.01. The maximum Gasteiger partial charge on any atom is 0.514 e. The summed E-state index contributed by atoms with van der Waals surface area (Å²) < 4.78 is 35.8. The first kappa shape index (κ1) is 15.9. The zero-order valence-electron chi connectivity index (χ0n) is 10.8. The van der Waals surface area contributed by atoms with E-state index in [0.29, 0.717) is 0 Å². The standard InChI is InChI=1S/C13H14F2O5/c1-8(2)10(13(14,15)11(16)17)20-12(18)19-9-6-4-3-5-7-9/h3-8,10H,1-2H3,(H,16,17)/p-1. The van der Waals surface area contributed by atoms with Gasteiger partial charge in [-0.05, 0) is 18.1 Å². The normalized spacial score (nSPS) is 12.8. The van der Waals surface area contributed by atoms with Gasteiger partial charge in [0.1, 0.15) is 11.7 Å². The average molecular weight is 287 g/mol. The van der Waals surface area contributed by atoms with Crippen LogP contribution in [0.4, 0.5) is 13.6 Å². The van der Waals surface area contributed by atoms with Gasteiger partial charge in [0.15, 0.2) is 6.10 Å². The molecule has 0 aliphatic heterocycles. The monoisotopic (exact) mass is 287 g/mol. The molecule has 110 valence electrons. The maximum absolute atomic E-state index is 13.4. The maximum atomic E-state index is 13.4. The van der Waals surface area contributed by atoms with Crippen LogP contribution in [0.3, 0.4) is 0 Å². The van der Waals surface area contributed by atoms with E-state index < -0.39 is 30.1 Å². The van der Waals surface area contributed by atoms with Crippen molar-refractivity contribution in [3.8, 4) is 5.75 Å².